The molecule has 7 rings (SSSR count). The standard InChI is InChI=1S/C38H46ClN3O4/c1-24(23-46-33-10-15-40-31-9-4-6-25(2)35(31)33)18-27-19-26-20-32-34(45-17-16-42(32)3)22-30(26)37(27)11-13-38(14-12-37,36(43)44)41-29-8-5-7-28(39)21-29/h5,7-8,10,15,20-22,24-25,27,41H,4,6,9,11-14,16-19,23H2,1-3H3,(H,43,44)/t24-,25-,27+,37?,38?/m1/s1. The van der Waals surface area contributed by atoms with Crippen LogP contribution in [0.1, 0.15) is 87.1 Å². The second-order valence-electron chi connectivity index (χ2n) is 14.4. The molecule has 4 aliphatic rings. The molecule has 0 unspecified atom stereocenters. The van der Waals surface area contributed by atoms with Crippen LogP contribution in [0.3, 0.4) is 0 Å². The Kier molecular flexibility index (Phi) is 8.33. The first kappa shape index (κ1) is 31.2. The summed E-state index contributed by atoms with van der Waals surface area (Å²) in [6.07, 6.45) is 9.96. The third-order valence-corrected chi connectivity index (χ3v) is 11.7. The number of carboxylic acids is 1. The van der Waals surface area contributed by atoms with E-state index in [0.717, 1.165) is 61.5 Å². The third kappa shape index (κ3) is 5.59. The van der Waals surface area contributed by atoms with Crippen LogP contribution < -0.4 is 19.7 Å². The van der Waals surface area contributed by atoms with Gasteiger partial charge in [-0.3, -0.25) is 4.98 Å². The zero-order valence-electron chi connectivity index (χ0n) is 27.3. The van der Waals surface area contributed by atoms with E-state index in [0.29, 0.717) is 48.8 Å². The molecule has 3 aromatic rings. The average molecular weight is 644 g/mol. The van der Waals surface area contributed by atoms with E-state index in [4.69, 9.17) is 21.1 Å². The minimum Gasteiger partial charge on any atom is -0.493 e. The molecule has 1 fully saturated rings. The lowest BCUT2D eigenvalue weighted by Crippen LogP contribution is -2.53. The molecule has 0 bridgehead atoms. The van der Waals surface area contributed by atoms with Crippen molar-refractivity contribution < 1.29 is 19.4 Å². The number of ether oxygens (including phenoxy) is 2. The average Bonchev–Trinajstić information content (AvgIpc) is 3.31. The van der Waals surface area contributed by atoms with Crippen molar-refractivity contribution >= 4 is 28.9 Å². The molecule has 3 aliphatic carbocycles. The minimum absolute atomic E-state index is 0.114. The van der Waals surface area contributed by atoms with Crippen LogP contribution in [0.25, 0.3) is 0 Å². The number of pyridine rings is 1. The van der Waals surface area contributed by atoms with Crippen LogP contribution >= 0.6 is 11.6 Å². The van der Waals surface area contributed by atoms with Gasteiger partial charge in [0, 0.05) is 35.2 Å². The number of rotatable bonds is 8. The maximum atomic E-state index is 12.9. The molecule has 1 aromatic heterocycles. The van der Waals surface area contributed by atoms with Crippen molar-refractivity contribution in [2.24, 2.45) is 11.8 Å². The first-order valence-electron chi connectivity index (χ1n) is 17.1. The van der Waals surface area contributed by atoms with Gasteiger partial charge in [0.2, 0.25) is 0 Å². The van der Waals surface area contributed by atoms with Gasteiger partial charge in [0.1, 0.15) is 23.6 Å². The number of nitrogens with one attached hydrogen (secondary N) is 1. The van der Waals surface area contributed by atoms with Gasteiger partial charge in [-0.2, -0.15) is 0 Å². The van der Waals surface area contributed by atoms with Crippen molar-refractivity contribution in [3.63, 3.8) is 0 Å². The molecule has 0 saturated heterocycles. The molecule has 1 saturated carbocycles. The monoisotopic (exact) mass is 643 g/mol. The SMILES string of the molecule is C[C@@H](COc1ccnc2c1[C@H](C)CCC2)C[C@H]1Cc2cc3c(cc2C12CCC(Nc1cccc(Cl)c1)(C(=O)O)CC2)OCCN3C. The van der Waals surface area contributed by atoms with E-state index < -0.39 is 11.5 Å². The summed E-state index contributed by atoms with van der Waals surface area (Å²) in [4.78, 5) is 19.9. The number of hydrogen-bond acceptors (Lipinski definition) is 6. The summed E-state index contributed by atoms with van der Waals surface area (Å²) in [7, 11) is 2.14. The summed E-state index contributed by atoms with van der Waals surface area (Å²) in [5.41, 5.74) is 5.99. The number of likely N-dealkylation sites (N-methyl/N-ethyl adjacent to an activating group) is 1. The minimum atomic E-state index is -1.04. The molecular formula is C38H46ClN3O4. The fourth-order valence-electron chi connectivity index (χ4n) is 8.95. The molecule has 8 heteroatoms. The van der Waals surface area contributed by atoms with Crippen molar-refractivity contribution in [1.82, 2.24) is 4.98 Å². The van der Waals surface area contributed by atoms with Gasteiger partial charge in [-0.1, -0.05) is 31.5 Å². The van der Waals surface area contributed by atoms with E-state index in [1.54, 1.807) is 0 Å². The van der Waals surface area contributed by atoms with Crippen LogP contribution in [-0.2, 0) is 23.1 Å². The van der Waals surface area contributed by atoms with Crippen LogP contribution in [-0.4, -0.2) is 48.4 Å². The lowest BCUT2D eigenvalue weighted by Gasteiger charge is -2.47. The summed E-state index contributed by atoms with van der Waals surface area (Å²) < 4.78 is 12.8. The van der Waals surface area contributed by atoms with Gasteiger partial charge >= 0.3 is 5.97 Å². The molecule has 1 spiro atoms. The highest BCUT2D eigenvalue weighted by Crippen LogP contribution is 2.58. The van der Waals surface area contributed by atoms with Gasteiger partial charge in [0.25, 0.3) is 0 Å². The van der Waals surface area contributed by atoms with Crippen molar-refractivity contribution in [3.05, 3.63) is 76.1 Å². The summed E-state index contributed by atoms with van der Waals surface area (Å²) in [6, 6.07) is 14.1. The number of anilines is 2. The number of halogens is 1. The lowest BCUT2D eigenvalue weighted by atomic mass is 9.59. The largest absolute Gasteiger partial charge is 0.493 e. The molecule has 46 heavy (non-hydrogen) atoms. The van der Waals surface area contributed by atoms with Crippen molar-refractivity contribution in [3.8, 4) is 11.5 Å². The summed E-state index contributed by atoms with van der Waals surface area (Å²) in [5.74, 6) is 2.34. The van der Waals surface area contributed by atoms with Gasteiger partial charge in [0.15, 0.2) is 0 Å². The predicted octanol–water partition coefficient (Wildman–Crippen LogP) is 8.03. The van der Waals surface area contributed by atoms with Gasteiger partial charge in [-0.15, -0.1) is 0 Å². The highest BCUT2D eigenvalue weighted by Gasteiger charge is 2.54. The maximum Gasteiger partial charge on any atom is 0.329 e. The number of carboxylic acid groups (broad SMARTS) is 1. The Bertz CT molecular complexity index is 1620. The molecule has 2 heterocycles. The third-order valence-electron chi connectivity index (χ3n) is 11.5. The van der Waals surface area contributed by atoms with Crippen LogP contribution in [0.4, 0.5) is 11.4 Å². The number of nitrogens with zero attached hydrogens (tertiary/aromatic N) is 2. The van der Waals surface area contributed by atoms with Crippen LogP contribution in [0.5, 0.6) is 11.5 Å². The van der Waals surface area contributed by atoms with E-state index in [1.165, 1.54) is 35.2 Å². The van der Waals surface area contributed by atoms with Gasteiger partial charge in [-0.25, -0.2) is 4.79 Å². The number of hydrogen-bond donors (Lipinski definition) is 2. The molecule has 1 aliphatic heterocycles. The molecule has 2 N–H and O–H groups in total. The highest BCUT2D eigenvalue weighted by atomic mass is 35.5. The number of aliphatic carboxylic acids is 1. The predicted molar refractivity (Wildman–Crippen MR) is 183 cm³/mol. The molecule has 0 radical (unpaired) electrons. The lowest BCUT2D eigenvalue weighted by molar-refractivity contribution is -0.144. The Hall–Kier alpha value is -3.45. The summed E-state index contributed by atoms with van der Waals surface area (Å²) in [6.45, 7) is 6.81. The van der Waals surface area contributed by atoms with E-state index >= 15 is 0 Å². The second kappa shape index (κ2) is 12.3. The number of carbonyl (C=O) groups is 1. The van der Waals surface area contributed by atoms with Gasteiger partial charge in [0.05, 0.1) is 18.8 Å². The van der Waals surface area contributed by atoms with E-state index in [2.05, 4.69) is 48.2 Å². The van der Waals surface area contributed by atoms with E-state index in [9.17, 15) is 9.90 Å². The number of fused-ring (bicyclic) bond motifs is 4. The Morgan fingerprint density at radius 1 is 1.22 bits per heavy atom. The number of aromatic nitrogens is 1. The normalized spacial score (nSPS) is 27.3. The van der Waals surface area contributed by atoms with Crippen molar-refractivity contribution in [1.29, 1.82) is 0 Å². The Morgan fingerprint density at radius 3 is 2.83 bits per heavy atom. The fraction of sp³-hybridized carbons (Fsp3) is 0.526. The summed E-state index contributed by atoms with van der Waals surface area (Å²) >= 11 is 6.27. The van der Waals surface area contributed by atoms with E-state index in [1.807, 2.05) is 36.5 Å². The second-order valence-corrected chi connectivity index (χ2v) is 14.9. The summed E-state index contributed by atoms with van der Waals surface area (Å²) in [5, 5.41) is 14.6. The van der Waals surface area contributed by atoms with Crippen LogP contribution in [0, 0.1) is 11.8 Å². The number of aryl methyl sites for hydroxylation is 1. The first-order valence-corrected chi connectivity index (χ1v) is 17.4. The van der Waals surface area contributed by atoms with Crippen molar-refractivity contribution in [2.75, 3.05) is 37.0 Å². The van der Waals surface area contributed by atoms with Crippen LogP contribution in [0.15, 0.2) is 48.7 Å². The Balaban J connectivity index is 1.15. The highest BCUT2D eigenvalue weighted by molar-refractivity contribution is 6.30. The Labute approximate surface area is 277 Å². The topological polar surface area (TPSA) is 83.9 Å². The quantitative estimate of drug-likeness (QED) is 0.257. The number of benzene rings is 2. The Morgan fingerprint density at radius 2 is 2.04 bits per heavy atom. The van der Waals surface area contributed by atoms with Gasteiger partial charge in [-0.05, 0) is 128 Å². The smallest absolute Gasteiger partial charge is 0.329 e. The van der Waals surface area contributed by atoms with Gasteiger partial charge < -0.3 is 24.8 Å². The molecule has 3 atom stereocenters. The first-order chi connectivity index (χ1) is 22.2. The molecule has 244 valence electrons. The molecular weight excluding hydrogens is 598 g/mol. The zero-order valence-corrected chi connectivity index (χ0v) is 28.0. The maximum absolute atomic E-state index is 12.9. The van der Waals surface area contributed by atoms with Crippen LogP contribution in [0.2, 0.25) is 5.02 Å². The molecule has 7 nitrogen and oxygen atoms in total. The van der Waals surface area contributed by atoms with E-state index in [-0.39, 0.29) is 5.41 Å². The molecule has 0 amide bonds. The molecule has 2 aromatic carbocycles. The van der Waals surface area contributed by atoms with Crippen molar-refractivity contribution in [2.45, 2.75) is 88.5 Å². The zero-order chi connectivity index (χ0) is 32.1. The fourth-order valence-corrected chi connectivity index (χ4v) is 9.14.